The van der Waals surface area contributed by atoms with Crippen LogP contribution >= 0.6 is 0 Å². The number of phenolic OH excluding ortho intramolecular Hbond substituents is 3. The van der Waals surface area contributed by atoms with Gasteiger partial charge in [0.1, 0.15) is 31.0 Å². The Morgan fingerprint density at radius 1 is 0.714 bits per heavy atom. The van der Waals surface area contributed by atoms with Gasteiger partial charge in [0.15, 0.2) is 40.8 Å². The summed E-state index contributed by atoms with van der Waals surface area (Å²) in [6.07, 6.45) is -5.73. The van der Waals surface area contributed by atoms with Crippen LogP contribution in [0.5, 0.6) is 51.7 Å². The van der Waals surface area contributed by atoms with E-state index in [1.165, 1.54) is 68.0 Å². The van der Waals surface area contributed by atoms with Crippen LogP contribution in [0.4, 0.5) is 0 Å². The largest absolute Gasteiger partial charge is 0.502 e. The van der Waals surface area contributed by atoms with Crippen molar-refractivity contribution in [1.82, 2.24) is 0 Å². The number of phenols is 3. The Morgan fingerprint density at radius 2 is 1.27 bits per heavy atom. The van der Waals surface area contributed by atoms with Crippen molar-refractivity contribution in [3.05, 3.63) is 58.7 Å². The SMILES string of the molecule is COc1cc(C=CC(=O)OCC2OC(OCC3C(OC)Cc4cc(OC)c(O)c(OC)c4C3c3cc(OC)c(O)c(OC)c3)C(O)C(O)C2O)cc(OC)c1O. The zero-order valence-electron chi connectivity index (χ0n) is 32.0. The van der Waals surface area contributed by atoms with Crippen molar-refractivity contribution >= 4 is 12.0 Å². The minimum atomic E-state index is -1.75. The number of aromatic hydroxyl groups is 3. The summed E-state index contributed by atoms with van der Waals surface area (Å²) in [6.45, 7) is -0.717. The number of fused-ring (bicyclic) bond motifs is 1. The first-order valence-electron chi connectivity index (χ1n) is 17.4. The maximum atomic E-state index is 12.7. The van der Waals surface area contributed by atoms with Gasteiger partial charge < -0.3 is 78.0 Å². The summed E-state index contributed by atoms with van der Waals surface area (Å²) in [5, 5.41) is 64.6. The fraction of sp³-hybridized carbons (Fsp3) is 0.462. The molecule has 3 aromatic rings. The molecule has 0 amide bonds. The van der Waals surface area contributed by atoms with Crippen LogP contribution < -0.4 is 28.4 Å². The molecule has 3 aromatic carbocycles. The summed E-state index contributed by atoms with van der Waals surface area (Å²) in [7, 11) is 9.84. The number of benzene rings is 3. The maximum Gasteiger partial charge on any atom is 0.330 e. The van der Waals surface area contributed by atoms with E-state index in [9.17, 15) is 35.4 Å². The predicted molar refractivity (Wildman–Crippen MR) is 196 cm³/mol. The lowest BCUT2D eigenvalue weighted by molar-refractivity contribution is -0.305. The second-order valence-electron chi connectivity index (χ2n) is 13.0. The van der Waals surface area contributed by atoms with Crippen LogP contribution in [0, 0.1) is 5.92 Å². The number of ether oxygens (including phenoxy) is 10. The van der Waals surface area contributed by atoms with Gasteiger partial charge in [0.05, 0.1) is 55.4 Å². The highest BCUT2D eigenvalue weighted by molar-refractivity contribution is 5.87. The minimum absolute atomic E-state index is 0.106. The lowest BCUT2D eigenvalue weighted by Crippen LogP contribution is -2.59. The first-order valence-corrected chi connectivity index (χ1v) is 17.4. The molecule has 5 rings (SSSR count). The van der Waals surface area contributed by atoms with Gasteiger partial charge in [-0.1, -0.05) is 0 Å². The van der Waals surface area contributed by atoms with Crippen molar-refractivity contribution in [2.24, 2.45) is 5.92 Å². The number of esters is 1. The number of methoxy groups -OCH3 is 7. The van der Waals surface area contributed by atoms with E-state index in [4.69, 9.17) is 47.4 Å². The average Bonchev–Trinajstić information content (AvgIpc) is 3.21. The number of rotatable bonds is 15. The van der Waals surface area contributed by atoms with Crippen molar-refractivity contribution in [2.45, 2.75) is 49.1 Å². The smallest absolute Gasteiger partial charge is 0.330 e. The van der Waals surface area contributed by atoms with E-state index in [-0.39, 0.29) is 58.4 Å². The second-order valence-corrected chi connectivity index (χ2v) is 13.0. The molecule has 6 N–H and O–H groups in total. The van der Waals surface area contributed by atoms with Gasteiger partial charge in [-0.25, -0.2) is 4.79 Å². The number of hydrogen-bond acceptors (Lipinski definition) is 17. The van der Waals surface area contributed by atoms with Gasteiger partial charge in [-0.15, -0.1) is 0 Å². The molecule has 0 spiro atoms. The number of carbonyl (C=O) groups is 1. The molecule has 8 atom stereocenters. The van der Waals surface area contributed by atoms with Crippen LogP contribution in [0.15, 0.2) is 36.4 Å². The molecule has 1 heterocycles. The lowest BCUT2D eigenvalue weighted by atomic mass is 9.69. The van der Waals surface area contributed by atoms with E-state index in [2.05, 4.69) is 0 Å². The van der Waals surface area contributed by atoms with Gasteiger partial charge in [-0.2, -0.15) is 0 Å². The molecule has 8 unspecified atom stereocenters. The zero-order valence-corrected chi connectivity index (χ0v) is 32.0. The fourth-order valence-corrected chi connectivity index (χ4v) is 7.11. The summed E-state index contributed by atoms with van der Waals surface area (Å²) in [5.41, 5.74) is 2.29. The molecule has 0 saturated carbocycles. The molecule has 0 bridgehead atoms. The van der Waals surface area contributed by atoms with Crippen molar-refractivity contribution in [1.29, 1.82) is 0 Å². The molecule has 306 valence electrons. The van der Waals surface area contributed by atoms with Crippen molar-refractivity contribution in [3.63, 3.8) is 0 Å². The highest BCUT2D eigenvalue weighted by Gasteiger charge is 2.47. The molecule has 17 nitrogen and oxygen atoms in total. The monoisotopic (exact) mass is 788 g/mol. The Bertz CT molecular complexity index is 1830. The maximum absolute atomic E-state index is 12.7. The molecule has 0 radical (unpaired) electrons. The molecule has 2 aliphatic rings. The molecular weight excluding hydrogens is 740 g/mol. The highest BCUT2D eigenvalue weighted by atomic mass is 16.7. The topological polar surface area (TPSA) is 231 Å². The van der Waals surface area contributed by atoms with Crippen LogP contribution in [0.3, 0.4) is 0 Å². The van der Waals surface area contributed by atoms with Crippen LogP contribution in [-0.4, -0.2) is 136 Å². The van der Waals surface area contributed by atoms with E-state index in [0.29, 0.717) is 23.1 Å². The minimum Gasteiger partial charge on any atom is -0.502 e. The Hall–Kier alpha value is -5.17. The standard InChI is InChI=1S/C39H48O17/c1-47-22-12-20-15-27(52-6)35(44)38(53-7)31(20)30(19-13-25(50-4)33(42)26(14-19)51-5)21(22)16-55-39-37(46)36(45)34(43)28(56-39)17-54-29(40)9-8-18-10-23(48-2)32(41)24(11-18)49-3/h8-11,13-15,21-22,28,30,34,36-37,39,41-46H,12,16-17H2,1-7H3. The van der Waals surface area contributed by atoms with Gasteiger partial charge in [0.2, 0.25) is 17.2 Å². The fourth-order valence-electron chi connectivity index (χ4n) is 7.11. The lowest BCUT2D eigenvalue weighted by Gasteiger charge is -2.43. The number of aliphatic hydroxyl groups is 3. The van der Waals surface area contributed by atoms with Crippen molar-refractivity contribution < 1.29 is 82.8 Å². The summed E-state index contributed by atoms with van der Waals surface area (Å²) in [4.78, 5) is 12.7. The zero-order chi connectivity index (χ0) is 40.8. The number of hydrogen-bond donors (Lipinski definition) is 6. The van der Waals surface area contributed by atoms with Crippen molar-refractivity contribution in [3.8, 4) is 51.7 Å². The van der Waals surface area contributed by atoms with Crippen LogP contribution in [0.2, 0.25) is 0 Å². The summed E-state index contributed by atoms with van der Waals surface area (Å²) in [6, 6.07) is 7.85. The van der Waals surface area contributed by atoms with Gasteiger partial charge in [-0.3, -0.25) is 0 Å². The highest BCUT2D eigenvalue weighted by Crippen LogP contribution is 2.54. The quantitative estimate of drug-likeness (QED) is 0.0958. The third-order valence-electron chi connectivity index (χ3n) is 10.00. The molecule has 1 aliphatic carbocycles. The first-order chi connectivity index (χ1) is 26.8. The average molecular weight is 789 g/mol. The molecule has 1 fully saturated rings. The van der Waals surface area contributed by atoms with E-state index in [1.807, 2.05) is 0 Å². The Kier molecular flexibility index (Phi) is 13.6. The van der Waals surface area contributed by atoms with E-state index in [0.717, 1.165) is 11.6 Å². The Labute approximate surface area is 323 Å². The van der Waals surface area contributed by atoms with Gasteiger partial charge in [0, 0.05) is 30.6 Å². The predicted octanol–water partition coefficient (Wildman–Crippen LogP) is 2.25. The third kappa shape index (κ3) is 8.33. The molecule has 1 aliphatic heterocycles. The third-order valence-corrected chi connectivity index (χ3v) is 10.00. The Balaban J connectivity index is 1.41. The Morgan fingerprint density at radius 3 is 1.80 bits per heavy atom. The summed E-state index contributed by atoms with van der Waals surface area (Å²) >= 11 is 0. The second kappa shape index (κ2) is 18.2. The van der Waals surface area contributed by atoms with E-state index < -0.39 is 61.2 Å². The van der Waals surface area contributed by atoms with Crippen LogP contribution in [0.25, 0.3) is 6.08 Å². The molecule has 0 aromatic heterocycles. The van der Waals surface area contributed by atoms with Crippen molar-refractivity contribution in [2.75, 3.05) is 63.0 Å². The normalized spacial score (nSPS) is 24.6. The molecule has 1 saturated heterocycles. The summed E-state index contributed by atoms with van der Waals surface area (Å²) < 4.78 is 55.7. The van der Waals surface area contributed by atoms with E-state index in [1.54, 1.807) is 18.2 Å². The van der Waals surface area contributed by atoms with Gasteiger partial charge >= 0.3 is 5.97 Å². The number of carbonyl (C=O) groups excluding carboxylic acids is 1. The van der Waals surface area contributed by atoms with Gasteiger partial charge in [0.25, 0.3) is 0 Å². The summed E-state index contributed by atoms with van der Waals surface area (Å²) in [5.74, 6) is -2.08. The van der Waals surface area contributed by atoms with E-state index >= 15 is 0 Å². The molecular formula is C39H48O17. The first kappa shape index (κ1) is 42.0. The van der Waals surface area contributed by atoms with Crippen LogP contribution in [0.1, 0.15) is 28.2 Å². The van der Waals surface area contributed by atoms with Crippen LogP contribution in [-0.2, 0) is 30.2 Å². The molecule has 17 heteroatoms. The molecule has 56 heavy (non-hydrogen) atoms. The van der Waals surface area contributed by atoms with Gasteiger partial charge in [-0.05, 0) is 59.5 Å². The number of aliphatic hydroxyl groups excluding tert-OH is 3.